The van der Waals surface area contributed by atoms with Crippen LogP contribution < -0.4 is 0 Å². The van der Waals surface area contributed by atoms with Crippen molar-refractivity contribution >= 4 is 6.16 Å². The summed E-state index contributed by atoms with van der Waals surface area (Å²) in [5.41, 5.74) is 0. The number of halogens is 3. The molecule has 0 bridgehead atoms. The lowest BCUT2D eigenvalue weighted by Crippen LogP contribution is -2.06. The third kappa shape index (κ3) is 17.7. The average Bonchev–Trinajstić information content (AvgIpc) is 1.88. The monoisotopic (exact) mass is 172 g/mol. The Morgan fingerprint density at radius 2 is 2.00 bits per heavy atom. The van der Waals surface area contributed by atoms with E-state index in [2.05, 4.69) is 16.3 Å². The van der Waals surface area contributed by atoms with Gasteiger partial charge in [0.1, 0.15) is 0 Å². The Bertz CT molecular complexity index is 116. The summed E-state index contributed by atoms with van der Waals surface area (Å²) in [5, 5.41) is 0. The van der Waals surface area contributed by atoms with Gasteiger partial charge in [0.05, 0.1) is 0 Å². The summed E-state index contributed by atoms with van der Waals surface area (Å²) < 4.78 is 34.8. The van der Waals surface area contributed by atoms with E-state index in [1.165, 1.54) is 0 Å². The Labute approximate surface area is 61.3 Å². The van der Waals surface area contributed by atoms with Crippen LogP contribution in [0.5, 0.6) is 0 Å². The van der Waals surface area contributed by atoms with Crippen LogP contribution in [0.4, 0.5) is 18.1 Å². The summed E-state index contributed by atoms with van der Waals surface area (Å²) >= 11 is 0. The molecule has 0 aliphatic carbocycles. The number of alkyl halides is 2. The molecule has 0 aromatic carbocycles. The second kappa shape index (κ2) is 8.80. The average molecular weight is 172 g/mol. The first-order valence-electron chi connectivity index (χ1n) is 2.42. The van der Waals surface area contributed by atoms with Gasteiger partial charge < -0.3 is 4.74 Å². The number of allylic oxidation sites excluding steroid dienone is 1. The van der Waals surface area contributed by atoms with E-state index >= 15 is 0 Å². The fourth-order valence-electron chi connectivity index (χ4n) is 0.0909. The summed E-state index contributed by atoms with van der Waals surface area (Å²) in [4.78, 5) is 11.5. The first-order chi connectivity index (χ1) is 5.08. The quantitative estimate of drug-likeness (QED) is 0.450. The second-order valence-electron chi connectivity index (χ2n) is 1.11. The van der Waals surface area contributed by atoms with E-state index in [9.17, 15) is 18.1 Å². The molecule has 0 fully saturated rings. The highest BCUT2D eigenvalue weighted by atomic mass is 19.3. The van der Waals surface area contributed by atoms with Gasteiger partial charge in [0, 0.05) is 4.53 Å². The third-order valence-corrected chi connectivity index (χ3v) is 0.248. The Morgan fingerprint density at radius 1 is 1.64 bits per heavy atom. The zero-order valence-electron chi connectivity index (χ0n) is 5.72. The van der Waals surface area contributed by atoms with Crippen molar-refractivity contribution in [3.63, 3.8) is 0 Å². The molecule has 0 aliphatic rings. The number of rotatable bonds is 1. The Balaban J connectivity index is 0. The van der Waals surface area contributed by atoms with Crippen molar-refractivity contribution in [3.8, 4) is 0 Å². The predicted octanol–water partition coefficient (Wildman–Crippen LogP) is 2.44. The molecule has 0 N–H and O–H groups in total. The maximum absolute atomic E-state index is 10.8. The predicted molar refractivity (Wildman–Crippen MR) is 30.5 cm³/mol. The summed E-state index contributed by atoms with van der Waals surface area (Å²) in [6.07, 6.45) is -0.292. The van der Waals surface area contributed by atoms with Gasteiger partial charge in [-0.15, -0.1) is 6.58 Å². The highest BCUT2D eigenvalue weighted by Gasteiger charge is 2.11. The van der Waals surface area contributed by atoms with Crippen molar-refractivity contribution in [2.45, 2.75) is 13.5 Å². The Kier molecular flexibility index (Phi) is 9.98. The van der Waals surface area contributed by atoms with Gasteiger partial charge in [-0.1, -0.05) is 6.08 Å². The van der Waals surface area contributed by atoms with Gasteiger partial charge in [0.15, 0.2) is 0 Å². The maximum Gasteiger partial charge on any atom is 0.549 e. The molecule has 0 atom stereocenters. The van der Waals surface area contributed by atoms with E-state index < -0.39 is 12.8 Å². The minimum atomic E-state index is -3.33. The lowest BCUT2D eigenvalue weighted by molar-refractivity contribution is -0.159. The van der Waals surface area contributed by atoms with E-state index in [4.69, 9.17) is 0 Å². The number of carbonyl (C=O) groups excluding carboxylic acids is 1. The van der Waals surface area contributed by atoms with E-state index in [1.807, 2.05) is 6.92 Å². The minimum Gasteiger partial charge on any atom is -0.368 e. The van der Waals surface area contributed by atoms with Crippen LogP contribution in [-0.2, 0) is 9.68 Å². The van der Waals surface area contributed by atoms with Gasteiger partial charge in [-0.05, 0) is 6.92 Å². The molecule has 0 rings (SSSR count). The van der Waals surface area contributed by atoms with Crippen LogP contribution in [0.15, 0.2) is 12.7 Å². The van der Waals surface area contributed by atoms with Gasteiger partial charge in [-0.3, -0.25) is 0 Å². The third-order valence-electron chi connectivity index (χ3n) is 0.248. The summed E-state index contributed by atoms with van der Waals surface area (Å²) in [7, 11) is 0. The van der Waals surface area contributed by atoms with Crippen molar-refractivity contribution in [2.24, 2.45) is 0 Å². The van der Waals surface area contributed by atoms with Crippen molar-refractivity contribution in [2.75, 3.05) is 0 Å². The fraction of sp³-hybridized carbons (Fsp3) is 0.400. The molecule has 0 amide bonds. The molecular formula is C5H7F3O3. The molecule has 66 valence electrons. The number of ether oxygens (including phenoxy) is 1. The van der Waals surface area contributed by atoms with Gasteiger partial charge >= 0.3 is 12.8 Å². The highest BCUT2D eigenvalue weighted by Crippen LogP contribution is 1.96. The fourth-order valence-corrected chi connectivity index (χ4v) is 0.0909. The Hall–Kier alpha value is -1.20. The SMILES string of the molecule is C=CC.O=C(OF)OC(F)F. The van der Waals surface area contributed by atoms with Gasteiger partial charge in [0.25, 0.3) is 0 Å². The lowest BCUT2D eigenvalue weighted by Gasteiger charge is -1.93. The largest absolute Gasteiger partial charge is 0.549 e. The van der Waals surface area contributed by atoms with Crippen molar-refractivity contribution in [1.82, 2.24) is 0 Å². The second-order valence-corrected chi connectivity index (χ2v) is 1.11. The maximum atomic E-state index is 10.8. The first kappa shape index (κ1) is 12.5. The lowest BCUT2D eigenvalue weighted by atomic mass is 10.8. The summed E-state index contributed by atoms with van der Waals surface area (Å²) in [5.74, 6) is 0. The van der Waals surface area contributed by atoms with Crippen LogP contribution in [0.2, 0.25) is 0 Å². The zero-order chi connectivity index (χ0) is 9.28. The molecule has 0 unspecified atom stereocenters. The van der Waals surface area contributed by atoms with E-state index in [0.29, 0.717) is 0 Å². The van der Waals surface area contributed by atoms with Crippen LogP contribution in [0.1, 0.15) is 6.92 Å². The molecule has 0 aliphatic heterocycles. The van der Waals surface area contributed by atoms with Gasteiger partial charge in [0.2, 0.25) is 0 Å². The standard InChI is InChI=1S/C3H6.C2HF3O3/c1-3-2;3-1(4)7-2(6)8-5/h3H,1H2,2H3;1H. The van der Waals surface area contributed by atoms with E-state index in [0.717, 1.165) is 0 Å². The molecule has 6 heteroatoms. The molecule has 0 radical (unpaired) electrons. The molecule has 0 saturated carbocycles. The number of carbonyl (C=O) groups is 1. The van der Waals surface area contributed by atoms with E-state index in [-0.39, 0.29) is 0 Å². The molecule has 3 nitrogen and oxygen atoms in total. The van der Waals surface area contributed by atoms with Crippen LogP contribution in [0, 0.1) is 0 Å². The highest BCUT2D eigenvalue weighted by molar-refractivity contribution is 5.58. The molecule has 11 heavy (non-hydrogen) atoms. The van der Waals surface area contributed by atoms with Crippen LogP contribution >= 0.6 is 0 Å². The molecule has 0 aromatic rings. The zero-order valence-corrected chi connectivity index (χ0v) is 5.72. The number of hydrogen-bond donors (Lipinski definition) is 0. The topological polar surface area (TPSA) is 35.5 Å². The van der Waals surface area contributed by atoms with Gasteiger partial charge in [-0.25, -0.2) is 9.74 Å². The molecule has 0 spiro atoms. The van der Waals surface area contributed by atoms with Crippen molar-refractivity contribution in [1.29, 1.82) is 0 Å². The molecule has 0 saturated heterocycles. The van der Waals surface area contributed by atoms with Crippen LogP contribution in [0.3, 0.4) is 0 Å². The summed E-state index contributed by atoms with van der Waals surface area (Å²) in [6.45, 7) is 1.92. The Morgan fingerprint density at radius 3 is 2.09 bits per heavy atom. The molecule has 0 heterocycles. The smallest absolute Gasteiger partial charge is 0.368 e. The first-order valence-corrected chi connectivity index (χ1v) is 2.42. The minimum absolute atomic E-state index is 1.75. The molecule has 0 aromatic heterocycles. The van der Waals surface area contributed by atoms with Crippen LogP contribution in [0.25, 0.3) is 0 Å². The summed E-state index contributed by atoms with van der Waals surface area (Å²) in [6, 6.07) is 0. The van der Waals surface area contributed by atoms with Crippen molar-refractivity contribution in [3.05, 3.63) is 12.7 Å². The van der Waals surface area contributed by atoms with Crippen molar-refractivity contribution < 1.29 is 27.8 Å². The number of hydrogen-bond acceptors (Lipinski definition) is 3. The van der Waals surface area contributed by atoms with Crippen LogP contribution in [-0.4, -0.2) is 12.8 Å². The van der Waals surface area contributed by atoms with E-state index in [1.54, 1.807) is 6.08 Å². The van der Waals surface area contributed by atoms with Gasteiger partial charge in [-0.2, -0.15) is 8.78 Å². The molecular weight excluding hydrogens is 165 g/mol. The normalized spacial score (nSPS) is 7.73.